The van der Waals surface area contributed by atoms with Crippen molar-refractivity contribution in [3.8, 4) is 0 Å². The first-order chi connectivity index (χ1) is 13.9. The van der Waals surface area contributed by atoms with Crippen molar-refractivity contribution in [1.29, 1.82) is 0 Å². The van der Waals surface area contributed by atoms with Gasteiger partial charge < -0.3 is 0 Å². The van der Waals surface area contributed by atoms with Gasteiger partial charge in [-0.2, -0.15) is 0 Å². The second kappa shape index (κ2) is 14.3. The molecule has 0 radical (unpaired) electrons. The van der Waals surface area contributed by atoms with Gasteiger partial charge in [0, 0.05) is 0 Å². The summed E-state index contributed by atoms with van der Waals surface area (Å²) < 4.78 is 1.44. The van der Waals surface area contributed by atoms with E-state index in [9.17, 15) is 0 Å². The summed E-state index contributed by atoms with van der Waals surface area (Å²) in [6.07, 6.45) is 21.5. The van der Waals surface area contributed by atoms with Gasteiger partial charge in [0.2, 0.25) is 0 Å². The molecule has 0 aliphatic carbocycles. The maximum atomic E-state index is 4.64. The quantitative estimate of drug-likeness (QED) is 0.164. The van der Waals surface area contributed by atoms with E-state index in [0.717, 1.165) is 0 Å². The van der Waals surface area contributed by atoms with Crippen LogP contribution in [0.2, 0.25) is 0 Å². The van der Waals surface area contributed by atoms with Gasteiger partial charge in [0.25, 0.3) is 0 Å². The Hall–Kier alpha value is 1.09. The van der Waals surface area contributed by atoms with Crippen molar-refractivity contribution in [2.45, 2.75) is 118 Å². The molecule has 0 saturated carbocycles. The molecule has 1 aromatic heterocycles. The van der Waals surface area contributed by atoms with Crippen LogP contribution in [-0.2, 0) is 19.0 Å². The monoisotopic (exact) mass is 568 g/mol. The first kappa shape index (κ1) is 28.1. The number of hydrogen-bond acceptors (Lipinski definition) is 1. The molecule has 0 bridgehead atoms. The minimum atomic E-state index is -1.91. The molecule has 1 heterocycles. The van der Waals surface area contributed by atoms with Crippen molar-refractivity contribution in [2.24, 2.45) is 0 Å². The van der Waals surface area contributed by atoms with E-state index in [1.54, 1.807) is 16.0 Å². The normalized spacial score (nSPS) is 13.6. The summed E-state index contributed by atoms with van der Waals surface area (Å²) in [5.74, 6) is 0. The fourth-order valence-corrected chi connectivity index (χ4v) is 16.6. The van der Waals surface area contributed by atoms with Crippen molar-refractivity contribution in [1.82, 2.24) is 0 Å². The molecule has 1 rings (SSSR count). The van der Waals surface area contributed by atoms with Gasteiger partial charge in [-0.25, -0.2) is 0 Å². The van der Waals surface area contributed by atoms with E-state index in [0.29, 0.717) is 0 Å². The van der Waals surface area contributed by atoms with Gasteiger partial charge in [-0.05, 0) is 0 Å². The maximum absolute atomic E-state index is 4.64. The first-order valence-electron chi connectivity index (χ1n) is 12.4. The first-order valence-corrected chi connectivity index (χ1v) is 19.0. The molecule has 172 valence electrons. The topological polar surface area (TPSA) is 0 Å². The zero-order chi connectivity index (χ0) is 21.8. The third-order valence-electron chi connectivity index (χ3n) is 6.46. The molecular formula is C25H47Br2PS. The number of hydrogen-bond donors (Lipinski definition) is 0. The molecule has 0 aromatic carbocycles. The molecule has 0 atom stereocenters. The number of rotatable bonds is 17. The predicted molar refractivity (Wildman–Crippen MR) is 148 cm³/mol. The second-order valence-corrected chi connectivity index (χ2v) is 22.9. The number of unbranched alkanes of at least 4 members (excludes halogenated alkanes) is 5. The third kappa shape index (κ3) is 8.86. The molecule has 0 N–H and O–H groups in total. The van der Waals surface area contributed by atoms with Crippen LogP contribution in [0.1, 0.15) is 115 Å². The van der Waals surface area contributed by atoms with Crippen LogP contribution >= 0.6 is 48.1 Å². The Balaban J connectivity index is 3.36. The average Bonchev–Trinajstić information content (AvgIpc) is 3.00. The Kier molecular flexibility index (Phi) is 13.8. The Labute approximate surface area is 203 Å². The zero-order valence-electron chi connectivity index (χ0n) is 19.9. The van der Waals surface area contributed by atoms with Gasteiger partial charge >= 0.3 is 204 Å². The number of thiophene rings is 1. The van der Waals surface area contributed by atoms with E-state index in [1.165, 1.54) is 105 Å². The summed E-state index contributed by atoms with van der Waals surface area (Å²) in [5.41, 5.74) is 3.38. The molecule has 0 saturated heterocycles. The molecule has 1 aromatic rings. The minimum absolute atomic E-state index is 1.25. The SMILES string of the molecule is CCCCc1c(Br)sc(CP(Br)(CCCC)(CCCC)CCCC)c1CCCC. The van der Waals surface area contributed by atoms with Crippen LogP contribution in [0.15, 0.2) is 3.79 Å². The molecule has 0 aliphatic rings. The fraction of sp³-hybridized carbons (Fsp3) is 0.840. The van der Waals surface area contributed by atoms with Crippen LogP contribution in [0.4, 0.5) is 0 Å². The Morgan fingerprint density at radius 2 is 1.07 bits per heavy atom. The van der Waals surface area contributed by atoms with Crippen molar-refractivity contribution in [3.63, 3.8) is 0 Å². The van der Waals surface area contributed by atoms with Gasteiger partial charge in [0.15, 0.2) is 0 Å². The Morgan fingerprint density at radius 3 is 1.48 bits per heavy atom. The van der Waals surface area contributed by atoms with E-state index in [-0.39, 0.29) is 0 Å². The van der Waals surface area contributed by atoms with Gasteiger partial charge in [0.1, 0.15) is 0 Å². The molecule has 0 spiro atoms. The van der Waals surface area contributed by atoms with Gasteiger partial charge in [0.05, 0.1) is 0 Å². The van der Waals surface area contributed by atoms with Crippen LogP contribution in [0, 0.1) is 0 Å². The van der Waals surface area contributed by atoms with E-state index < -0.39 is 5.31 Å². The second-order valence-electron chi connectivity index (χ2n) is 9.17. The van der Waals surface area contributed by atoms with Crippen molar-refractivity contribution < 1.29 is 0 Å². The standard InChI is InChI=1S/C25H47Br2PS/c1-6-11-16-22-23(17-12-7-2)25(26)29-24(22)21-28(27,18-13-8-3,19-14-9-4)20-15-10-5/h6-21H2,1-5H3. The van der Waals surface area contributed by atoms with Crippen LogP contribution in [0.25, 0.3) is 0 Å². The molecule has 0 unspecified atom stereocenters. The van der Waals surface area contributed by atoms with Crippen LogP contribution in [0.3, 0.4) is 0 Å². The van der Waals surface area contributed by atoms with Crippen LogP contribution in [0.5, 0.6) is 0 Å². The molecule has 0 aliphatic heterocycles. The molecule has 0 nitrogen and oxygen atoms in total. The van der Waals surface area contributed by atoms with Crippen molar-refractivity contribution >= 4 is 48.1 Å². The van der Waals surface area contributed by atoms with Gasteiger partial charge in [-0.1, -0.05) is 0 Å². The molecule has 29 heavy (non-hydrogen) atoms. The Bertz CT molecular complexity index is 557. The average molecular weight is 571 g/mol. The van der Waals surface area contributed by atoms with E-state index in [2.05, 4.69) is 77.4 Å². The number of halogens is 2. The van der Waals surface area contributed by atoms with Crippen molar-refractivity contribution in [2.75, 3.05) is 18.5 Å². The Morgan fingerprint density at radius 1 is 0.655 bits per heavy atom. The fourth-order valence-electron chi connectivity index (χ4n) is 4.48. The van der Waals surface area contributed by atoms with Crippen LogP contribution < -0.4 is 0 Å². The molecule has 4 heteroatoms. The summed E-state index contributed by atoms with van der Waals surface area (Å²) in [7, 11) is 0. The molecule has 0 fully saturated rings. The summed E-state index contributed by atoms with van der Waals surface area (Å²) in [4.78, 5) is 1.73. The summed E-state index contributed by atoms with van der Waals surface area (Å²) in [6.45, 7) is 11.8. The van der Waals surface area contributed by atoms with Crippen LogP contribution in [-0.4, -0.2) is 18.5 Å². The summed E-state index contributed by atoms with van der Waals surface area (Å²) >= 11 is 10.7. The van der Waals surface area contributed by atoms with Gasteiger partial charge in [-0.3, -0.25) is 0 Å². The summed E-state index contributed by atoms with van der Waals surface area (Å²) in [6, 6.07) is 0. The van der Waals surface area contributed by atoms with E-state index in [4.69, 9.17) is 0 Å². The predicted octanol–water partition coefficient (Wildman–Crippen LogP) is 11.0. The van der Waals surface area contributed by atoms with E-state index in [1.807, 2.05) is 0 Å². The summed E-state index contributed by atoms with van der Waals surface area (Å²) in [5, 5.41) is -1.91. The molecular weight excluding hydrogens is 523 g/mol. The van der Waals surface area contributed by atoms with Gasteiger partial charge in [-0.15, -0.1) is 0 Å². The molecule has 0 amide bonds. The van der Waals surface area contributed by atoms with E-state index >= 15 is 0 Å². The zero-order valence-corrected chi connectivity index (χ0v) is 24.8. The third-order valence-corrected chi connectivity index (χ3v) is 18.1. The van der Waals surface area contributed by atoms with Crippen molar-refractivity contribution in [3.05, 3.63) is 19.8 Å².